The van der Waals surface area contributed by atoms with Crippen LogP contribution in [0.15, 0.2) is 135 Å². The van der Waals surface area contributed by atoms with Crippen molar-refractivity contribution < 1.29 is 18.4 Å². The molecule has 8 heterocycles. The van der Waals surface area contributed by atoms with E-state index in [4.69, 9.17) is 19.4 Å². The molecule has 6 aromatic rings. The van der Waals surface area contributed by atoms with Gasteiger partial charge in [0.15, 0.2) is 0 Å². The van der Waals surface area contributed by atoms with Crippen molar-refractivity contribution in [2.24, 2.45) is 23.7 Å². The molecule has 6 aliphatic heterocycles. The zero-order chi connectivity index (χ0) is 42.3. The van der Waals surface area contributed by atoms with Crippen molar-refractivity contribution in [3.63, 3.8) is 0 Å². The van der Waals surface area contributed by atoms with Crippen LogP contribution in [0.2, 0.25) is 0 Å². The molecule has 12 rings (SSSR count). The number of aromatic nitrogens is 2. The van der Waals surface area contributed by atoms with E-state index in [0.29, 0.717) is 25.3 Å². The minimum Gasteiger partial charge on any atom is -0.363 e. The molecule has 0 spiro atoms. The van der Waals surface area contributed by atoms with E-state index in [0.717, 1.165) is 56.8 Å². The minimum atomic E-state index is -0.0273. The van der Waals surface area contributed by atoms with Crippen LogP contribution in [-0.4, -0.2) is 70.4 Å². The lowest BCUT2D eigenvalue weighted by Crippen LogP contribution is -2.68. The van der Waals surface area contributed by atoms with Gasteiger partial charge in [0.1, 0.15) is 37.4 Å². The Bertz CT molecular complexity index is 2390. The highest BCUT2D eigenvalue weighted by atomic mass is 16.5. The number of hydrogen-bond donors (Lipinski definition) is 0. The molecule has 2 aromatic heterocycles. The first-order valence-electron chi connectivity index (χ1n) is 23.8. The molecule has 0 amide bonds. The highest BCUT2D eigenvalue weighted by Gasteiger charge is 2.56. The molecule has 0 N–H and O–H groups in total. The number of hydrogen-bond acceptors (Lipinski definition) is 4. The zero-order valence-corrected chi connectivity index (χ0v) is 37.1. The first kappa shape index (κ1) is 41.3. The third-order valence-corrected chi connectivity index (χ3v) is 16.4. The molecule has 320 valence electrons. The number of fused-ring (bicyclic) bond motifs is 9. The van der Waals surface area contributed by atoms with Gasteiger partial charge in [0, 0.05) is 71.8 Å². The van der Waals surface area contributed by atoms with Crippen LogP contribution in [0, 0.1) is 23.7 Å². The number of piperidine rings is 6. The van der Waals surface area contributed by atoms with E-state index in [1.54, 1.807) is 0 Å². The lowest BCUT2D eigenvalue weighted by Gasteiger charge is -2.59. The van der Waals surface area contributed by atoms with E-state index in [1.807, 2.05) is 24.5 Å². The number of pyridine rings is 2. The van der Waals surface area contributed by atoms with E-state index in [-0.39, 0.29) is 12.2 Å². The minimum absolute atomic E-state index is 0.0273. The summed E-state index contributed by atoms with van der Waals surface area (Å²) in [4.78, 5) is 9.51. The molecule has 0 aliphatic carbocycles. The van der Waals surface area contributed by atoms with Gasteiger partial charge in [-0.3, -0.25) is 9.97 Å². The normalized spacial score (nSPS) is 28.9. The Morgan fingerprint density at radius 1 is 0.613 bits per heavy atom. The molecule has 6 nitrogen and oxygen atoms in total. The number of rotatable bonds is 16. The summed E-state index contributed by atoms with van der Waals surface area (Å²) in [5, 5.41) is 5.10. The monoisotopic (exact) mass is 827 g/mol. The summed E-state index contributed by atoms with van der Waals surface area (Å²) >= 11 is 0. The summed E-state index contributed by atoms with van der Waals surface area (Å²) in [6.07, 6.45) is 15.2. The molecular formula is C56H66N4O2+2. The number of para-hydroxylation sites is 2. The van der Waals surface area contributed by atoms with E-state index < -0.39 is 0 Å². The summed E-state index contributed by atoms with van der Waals surface area (Å²) in [5.41, 5.74) is 7.51. The molecule has 6 heteroatoms. The molecule has 0 radical (unpaired) electrons. The topological polar surface area (TPSA) is 44.2 Å². The number of benzene rings is 4. The van der Waals surface area contributed by atoms with Crippen LogP contribution >= 0.6 is 0 Å². The molecular weight excluding hydrogens is 761 g/mol. The third kappa shape index (κ3) is 7.51. The van der Waals surface area contributed by atoms with Gasteiger partial charge >= 0.3 is 0 Å². The maximum Gasteiger partial charge on any atom is 0.135 e. The Morgan fingerprint density at radius 2 is 1.08 bits per heavy atom. The molecule has 0 saturated carbocycles. The van der Waals surface area contributed by atoms with Gasteiger partial charge in [0.05, 0.1) is 50.4 Å². The molecule has 6 aliphatic rings. The van der Waals surface area contributed by atoms with Crippen molar-refractivity contribution >= 4 is 32.6 Å². The van der Waals surface area contributed by atoms with Crippen LogP contribution in [0.3, 0.4) is 0 Å². The van der Waals surface area contributed by atoms with E-state index in [9.17, 15) is 0 Å². The molecule has 4 aromatic carbocycles. The first-order chi connectivity index (χ1) is 30.4. The van der Waals surface area contributed by atoms with Crippen LogP contribution in [0.4, 0.5) is 0 Å². The van der Waals surface area contributed by atoms with E-state index in [1.165, 1.54) is 109 Å². The molecule has 62 heavy (non-hydrogen) atoms. The second-order valence-electron chi connectivity index (χ2n) is 19.5. The quantitative estimate of drug-likeness (QED) is 0.0720. The number of quaternary nitrogens is 2. The SMILES string of the molecule is C=CCO[C@H](c1ccnc2ccccc12)C1CC2CC[N+]1(Cc1ccc3ccc(C[N@@+]45CCC(C[C@@H]4[C@H](OCC=C)c4ccnc6ccccc46)C(CC)C5)cc3c1)CC2CC. The average molecular weight is 827 g/mol. The lowest BCUT2D eigenvalue weighted by molar-refractivity contribution is -0.986. The lowest BCUT2D eigenvalue weighted by atomic mass is 9.70. The molecule has 6 saturated heterocycles. The van der Waals surface area contributed by atoms with E-state index >= 15 is 0 Å². The summed E-state index contributed by atoms with van der Waals surface area (Å²) < 4.78 is 16.0. The molecule has 6 fully saturated rings. The fraction of sp³-hybridized carbons (Fsp3) is 0.429. The zero-order valence-electron chi connectivity index (χ0n) is 37.1. The van der Waals surface area contributed by atoms with Gasteiger partial charge in [-0.25, -0.2) is 0 Å². The predicted molar refractivity (Wildman–Crippen MR) is 253 cm³/mol. The summed E-state index contributed by atoms with van der Waals surface area (Å²) in [5.74, 6) is 2.98. The van der Waals surface area contributed by atoms with Crippen LogP contribution in [0.25, 0.3) is 32.6 Å². The number of nitrogens with zero attached hydrogens (tertiary/aromatic N) is 4. The Kier molecular flexibility index (Phi) is 11.6. The van der Waals surface area contributed by atoms with Gasteiger partial charge < -0.3 is 18.4 Å². The average Bonchev–Trinajstić information content (AvgIpc) is 3.32. The van der Waals surface area contributed by atoms with Crippen LogP contribution in [-0.2, 0) is 22.6 Å². The van der Waals surface area contributed by atoms with Gasteiger partial charge in [-0.05, 0) is 83.0 Å². The summed E-state index contributed by atoms with van der Waals surface area (Å²) in [6.45, 7) is 20.9. The fourth-order valence-corrected chi connectivity index (χ4v) is 13.5. The Morgan fingerprint density at radius 3 is 1.53 bits per heavy atom. The van der Waals surface area contributed by atoms with Crippen molar-refractivity contribution in [2.75, 3.05) is 39.4 Å². The Labute approximate surface area is 369 Å². The number of ether oxygens (including phenoxy) is 2. The summed E-state index contributed by atoms with van der Waals surface area (Å²) in [6, 6.07) is 37.1. The van der Waals surface area contributed by atoms with Gasteiger partial charge in [0.25, 0.3) is 0 Å². The van der Waals surface area contributed by atoms with Crippen molar-refractivity contribution in [2.45, 2.75) is 89.8 Å². The molecule has 4 bridgehead atoms. The maximum absolute atomic E-state index is 6.92. The van der Waals surface area contributed by atoms with Crippen molar-refractivity contribution in [3.8, 4) is 0 Å². The van der Waals surface area contributed by atoms with E-state index in [2.05, 4.69) is 124 Å². The fourth-order valence-electron chi connectivity index (χ4n) is 13.5. The first-order valence-corrected chi connectivity index (χ1v) is 23.8. The van der Waals surface area contributed by atoms with Crippen LogP contribution < -0.4 is 0 Å². The second-order valence-corrected chi connectivity index (χ2v) is 19.5. The van der Waals surface area contributed by atoms with Crippen molar-refractivity contribution in [1.29, 1.82) is 0 Å². The van der Waals surface area contributed by atoms with Crippen LogP contribution in [0.1, 0.15) is 86.8 Å². The molecule has 10 atom stereocenters. The molecule has 6 unspecified atom stereocenters. The van der Waals surface area contributed by atoms with Gasteiger partial charge in [0.2, 0.25) is 0 Å². The van der Waals surface area contributed by atoms with Crippen LogP contribution in [0.5, 0.6) is 0 Å². The second kappa shape index (κ2) is 17.4. The maximum atomic E-state index is 6.92. The Hall–Kier alpha value is -4.72. The predicted octanol–water partition coefficient (Wildman–Crippen LogP) is 12.1. The highest BCUT2D eigenvalue weighted by molar-refractivity contribution is 5.84. The van der Waals surface area contributed by atoms with Gasteiger partial charge in [-0.1, -0.05) is 86.7 Å². The van der Waals surface area contributed by atoms with Gasteiger partial charge in [-0.15, -0.1) is 13.2 Å². The van der Waals surface area contributed by atoms with Crippen molar-refractivity contribution in [3.05, 3.63) is 157 Å². The highest BCUT2D eigenvalue weighted by Crippen LogP contribution is 2.51. The summed E-state index contributed by atoms with van der Waals surface area (Å²) in [7, 11) is 0. The third-order valence-electron chi connectivity index (χ3n) is 16.4. The Balaban J connectivity index is 0.995. The standard InChI is InChI=1S/C56H66N4O2/c1-5-29-61-55(49-21-25-57-51-15-11-9-13-47(49)51)53-33-44-23-27-59(53,37-41(44)7-3)35-39-17-19-43-20-18-40(32-46(43)31-39)36-60-28-24-45(42(8-4)38-60)34-54(60)56(62-30-6-2)50-22-26-58-52-16-12-10-14-48(50)52/h5-6,9-22,25-26,31-32,41-42,44-45,53-56H,1-2,7-8,23-24,27-30,33-38H2,3-4H3/q+2/t41?,42?,44?,45?,53-,54?,55-,56-,59-,60?/m1/s1. The smallest absolute Gasteiger partial charge is 0.135 e. The largest absolute Gasteiger partial charge is 0.363 e. The van der Waals surface area contributed by atoms with Gasteiger partial charge in [-0.2, -0.15) is 0 Å². The van der Waals surface area contributed by atoms with Crippen molar-refractivity contribution in [1.82, 2.24) is 9.97 Å².